The maximum atomic E-state index is 5.09. The smallest absolute Gasteiger partial charge is 0.233 e. The number of nitrogens with one attached hydrogen (secondary N) is 1. The van der Waals surface area contributed by atoms with E-state index in [1.165, 1.54) is 19.2 Å². The molecule has 1 aromatic heterocycles. The van der Waals surface area contributed by atoms with Crippen molar-refractivity contribution in [3.05, 3.63) is 12.3 Å². The summed E-state index contributed by atoms with van der Waals surface area (Å²) in [5.74, 6) is 0.727. The maximum absolute atomic E-state index is 5.09. The molecule has 0 aromatic carbocycles. The van der Waals surface area contributed by atoms with Gasteiger partial charge in [-0.2, -0.15) is 0 Å². The van der Waals surface area contributed by atoms with Crippen LogP contribution in [-0.4, -0.2) is 16.7 Å². The highest BCUT2D eigenvalue weighted by atomic mass is 35.5. The van der Waals surface area contributed by atoms with Crippen LogP contribution in [0.25, 0.3) is 0 Å². The number of rotatable bonds is 1. The highest BCUT2D eigenvalue weighted by Gasteiger charge is 2.18. The van der Waals surface area contributed by atoms with Gasteiger partial charge in [-0.25, -0.2) is 0 Å². The summed E-state index contributed by atoms with van der Waals surface area (Å²) in [6.45, 7) is 1.06. The Morgan fingerprint density at radius 2 is 2.42 bits per heavy atom. The molecule has 2 rings (SSSR count). The average Bonchev–Trinajstić information content (AvgIpc) is 2.58. The van der Waals surface area contributed by atoms with E-state index in [2.05, 4.69) is 15.5 Å². The Kier molecular flexibility index (Phi) is 3.49. The fourth-order valence-electron chi connectivity index (χ4n) is 1.40. The summed E-state index contributed by atoms with van der Waals surface area (Å²) in [4.78, 5) is 0. The SMILES string of the molecule is Cl.c1nnc(C2CCCCN2)o1. The lowest BCUT2D eigenvalue weighted by Gasteiger charge is -2.19. The monoisotopic (exact) mass is 189 g/mol. The molecule has 1 aromatic rings. The van der Waals surface area contributed by atoms with Crippen molar-refractivity contribution < 1.29 is 4.42 Å². The topological polar surface area (TPSA) is 51.0 Å². The molecule has 0 bridgehead atoms. The molecule has 0 saturated carbocycles. The van der Waals surface area contributed by atoms with Gasteiger partial charge in [-0.05, 0) is 19.4 Å². The average molecular weight is 190 g/mol. The highest BCUT2D eigenvalue weighted by molar-refractivity contribution is 5.85. The molecule has 12 heavy (non-hydrogen) atoms. The Hall–Kier alpha value is -0.610. The summed E-state index contributed by atoms with van der Waals surface area (Å²) < 4.78 is 5.09. The van der Waals surface area contributed by atoms with Gasteiger partial charge in [0.05, 0.1) is 6.04 Å². The highest BCUT2D eigenvalue weighted by Crippen LogP contribution is 2.19. The van der Waals surface area contributed by atoms with Crippen molar-refractivity contribution in [1.82, 2.24) is 15.5 Å². The first kappa shape index (κ1) is 9.48. The molecular formula is C7H12ClN3O. The molecule has 0 spiro atoms. The molecule has 5 heteroatoms. The number of hydrogen-bond donors (Lipinski definition) is 1. The van der Waals surface area contributed by atoms with Crippen molar-refractivity contribution in [1.29, 1.82) is 0 Å². The van der Waals surface area contributed by atoms with Crippen LogP contribution in [-0.2, 0) is 0 Å². The number of aromatic nitrogens is 2. The lowest BCUT2D eigenvalue weighted by atomic mass is 10.1. The number of piperidine rings is 1. The minimum atomic E-state index is 0. The molecule has 1 aliphatic heterocycles. The first-order valence-corrected chi connectivity index (χ1v) is 3.96. The number of nitrogens with zero attached hydrogens (tertiary/aromatic N) is 2. The Morgan fingerprint density at radius 1 is 1.50 bits per heavy atom. The van der Waals surface area contributed by atoms with Crippen LogP contribution < -0.4 is 5.32 Å². The second-order valence-corrected chi connectivity index (χ2v) is 2.78. The summed E-state index contributed by atoms with van der Waals surface area (Å²) in [7, 11) is 0. The van der Waals surface area contributed by atoms with E-state index in [1.54, 1.807) is 0 Å². The van der Waals surface area contributed by atoms with Crippen LogP contribution in [0, 0.1) is 0 Å². The van der Waals surface area contributed by atoms with Crippen LogP contribution in [0.4, 0.5) is 0 Å². The molecule has 68 valence electrons. The Labute approximate surface area is 77.2 Å². The van der Waals surface area contributed by atoms with E-state index < -0.39 is 0 Å². The van der Waals surface area contributed by atoms with Crippen molar-refractivity contribution in [2.24, 2.45) is 0 Å². The number of halogens is 1. The van der Waals surface area contributed by atoms with Gasteiger partial charge in [-0.3, -0.25) is 0 Å². The van der Waals surface area contributed by atoms with Gasteiger partial charge in [0.15, 0.2) is 0 Å². The van der Waals surface area contributed by atoms with Gasteiger partial charge in [-0.15, -0.1) is 22.6 Å². The third kappa shape index (κ3) is 1.95. The lowest BCUT2D eigenvalue weighted by Crippen LogP contribution is -2.26. The molecule has 1 aliphatic rings. The zero-order valence-electron chi connectivity index (χ0n) is 6.69. The maximum Gasteiger partial charge on any atom is 0.233 e. The van der Waals surface area contributed by atoms with E-state index >= 15 is 0 Å². The van der Waals surface area contributed by atoms with Crippen LogP contribution in [0.5, 0.6) is 0 Å². The second kappa shape index (κ2) is 4.42. The molecule has 4 nitrogen and oxygen atoms in total. The molecule has 0 amide bonds. The first-order valence-electron chi connectivity index (χ1n) is 3.96. The van der Waals surface area contributed by atoms with Gasteiger partial charge in [-0.1, -0.05) is 6.42 Å². The standard InChI is InChI=1S/C7H11N3O.ClH/c1-2-4-8-6(3-1)7-10-9-5-11-7;/h5-6,8H,1-4H2;1H. The van der Waals surface area contributed by atoms with E-state index in [0.717, 1.165) is 18.9 Å². The van der Waals surface area contributed by atoms with Crippen molar-refractivity contribution in [3.63, 3.8) is 0 Å². The first-order chi connectivity index (χ1) is 5.47. The number of hydrogen-bond acceptors (Lipinski definition) is 4. The van der Waals surface area contributed by atoms with Crippen LogP contribution in [0.1, 0.15) is 31.2 Å². The molecular weight excluding hydrogens is 178 g/mol. The van der Waals surface area contributed by atoms with Gasteiger partial charge in [0.2, 0.25) is 12.3 Å². The van der Waals surface area contributed by atoms with Crippen molar-refractivity contribution in [3.8, 4) is 0 Å². The summed E-state index contributed by atoms with van der Waals surface area (Å²) in [6, 6.07) is 0.297. The second-order valence-electron chi connectivity index (χ2n) is 2.78. The zero-order chi connectivity index (χ0) is 7.52. The van der Waals surface area contributed by atoms with Crippen molar-refractivity contribution >= 4 is 12.4 Å². The van der Waals surface area contributed by atoms with Crippen molar-refractivity contribution in [2.45, 2.75) is 25.3 Å². The quantitative estimate of drug-likeness (QED) is 0.724. The van der Waals surface area contributed by atoms with Crippen LogP contribution in [0.3, 0.4) is 0 Å². The molecule has 0 aliphatic carbocycles. The third-order valence-electron chi connectivity index (χ3n) is 1.99. The normalized spacial score (nSPS) is 23.2. The summed E-state index contributed by atoms with van der Waals surface area (Å²) >= 11 is 0. The van der Waals surface area contributed by atoms with Gasteiger partial charge < -0.3 is 9.73 Å². The van der Waals surface area contributed by atoms with Crippen LogP contribution in [0.2, 0.25) is 0 Å². The van der Waals surface area contributed by atoms with Gasteiger partial charge in [0, 0.05) is 0 Å². The zero-order valence-corrected chi connectivity index (χ0v) is 7.51. The van der Waals surface area contributed by atoms with E-state index in [4.69, 9.17) is 4.42 Å². The largest absolute Gasteiger partial charge is 0.426 e. The molecule has 0 radical (unpaired) electrons. The molecule has 1 N–H and O–H groups in total. The summed E-state index contributed by atoms with van der Waals surface area (Å²) in [6.07, 6.45) is 5.00. The molecule has 1 atom stereocenters. The van der Waals surface area contributed by atoms with E-state index in [-0.39, 0.29) is 12.4 Å². The molecule has 1 unspecified atom stereocenters. The van der Waals surface area contributed by atoms with Gasteiger partial charge >= 0.3 is 0 Å². The van der Waals surface area contributed by atoms with Crippen LogP contribution >= 0.6 is 12.4 Å². The van der Waals surface area contributed by atoms with E-state index in [1.807, 2.05) is 0 Å². The van der Waals surface area contributed by atoms with Gasteiger partial charge in [0.25, 0.3) is 0 Å². The fourth-order valence-corrected chi connectivity index (χ4v) is 1.40. The Balaban J connectivity index is 0.000000720. The summed E-state index contributed by atoms with van der Waals surface area (Å²) in [5, 5.41) is 10.8. The molecule has 2 heterocycles. The van der Waals surface area contributed by atoms with Crippen molar-refractivity contribution in [2.75, 3.05) is 6.54 Å². The van der Waals surface area contributed by atoms with Crippen LogP contribution in [0.15, 0.2) is 10.8 Å². The van der Waals surface area contributed by atoms with E-state index in [9.17, 15) is 0 Å². The minimum Gasteiger partial charge on any atom is -0.426 e. The Morgan fingerprint density at radius 3 is 3.00 bits per heavy atom. The molecule has 1 saturated heterocycles. The molecule has 1 fully saturated rings. The predicted molar refractivity (Wildman–Crippen MR) is 46.1 cm³/mol. The fraction of sp³-hybridized carbons (Fsp3) is 0.714. The summed E-state index contributed by atoms with van der Waals surface area (Å²) in [5.41, 5.74) is 0. The minimum absolute atomic E-state index is 0. The lowest BCUT2D eigenvalue weighted by molar-refractivity contribution is 0.338. The predicted octanol–water partition coefficient (Wildman–Crippen LogP) is 1.31. The van der Waals surface area contributed by atoms with E-state index in [0.29, 0.717) is 6.04 Å². The third-order valence-corrected chi connectivity index (χ3v) is 1.99. The van der Waals surface area contributed by atoms with Gasteiger partial charge in [0.1, 0.15) is 0 Å². The Bertz CT molecular complexity index is 208.